The molecule has 3 aliphatic rings. The fraction of sp³-hybridized carbons (Fsp3) is 0.345. The van der Waals surface area contributed by atoms with Crippen LogP contribution >= 0.6 is 0 Å². The van der Waals surface area contributed by atoms with Gasteiger partial charge in [0.1, 0.15) is 24.2 Å². The summed E-state index contributed by atoms with van der Waals surface area (Å²) in [5.41, 5.74) is 1.03. The summed E-state index contributed by atoms with van der Waals surface area (Å²) in [5, 5.41) is 2.75. The van der Waals surface area contributed by atoms with Gasteiger partial charge in [-0.25, -0.2) is 4.39 Å². The first-order valence-corrected chi connectivity index (χ1v) is 13.0. The summed E-state index contributed by atoms with van der Waals surface area (Å²) in [6.45, 7) is 2.24. The van der Waals surface area contributed by atoms with E-state index in [4.69, 9.17) is 4.74 Å². The molecule has 9 heteroatoms. The molecule has 2 amide bonds. The number of carbonyl (C=O) groups is 2. The summed E-state index contributed by atoms with van der Waals surface area (Å²) >= 11 is 0. The SMILES string of the molecule is O=C(NCc1ccc(F)cc1)c1cn2c(c(OCc3ccccc3)c1=O)C(=O)N1CCC3CCCN3C1C2. The van der Waals surface area contributed by atoms with E-state index < -0.39 is 11.3 Å². The summed E-state index contributed by atoms with van der Waals surface area (Å²) in [6.07, 6.45) is 4.51. The van der Waals surface area contributed by atoms with Crippen LogP contribution < -0.4 is 15.5 Å². The van der Waals surface area contributed by atoms with Gasteiger partial charge in [-0.1, -0.05) is 42.5 Å². The number of amides is 2. The second-order valence-electron chi connectivity index (χ2n) is 10.1. The molecule has 0 radical (unpaired) electrons. The molecule has 6 rings (SSSR count). The molecule has 2 unspecified atom stereocenters. The van der Waals surface area contributed by atoms with Crippen LogP contribution in [0.4, 0.5) is 4.39 Å². The number of fused-ring (bicyclic) bond motifs is 4. The van der Waals surface area contributed by atoms with Gasteiger partial charge in [-0.2, -0.15) is 0 Å². The molecule has 38 heavy (non-hydrogen) atoms. The molecular formula is C29H29FN4O4. The monoisotopic (exact) mass is 516 g/mol. The molecule has 0 aliphatic carbocycles. The highest BCUT2D eigenvalue weighted by molar-refractivity contribution is 5.99. The van der Waals surface area contributed by atoms with E-state index in [0.29, 0.717) is 24.7 Å². The van der Waals surface area contributed by atoms with Gasteiger partial charge in [0, 0.05) is 31.9 Å². The van der Waals surface area contributed by atoms with Gasteiger partial charge >= 0.3 is 0 Å². The maximum absolute atomic E-state index is 13.8. The molecule has 1 aromatic heterocycles. The van der Waals surface area contributed by atoms with Crippen LogP contribution in [0.2, 0.25) is 0 Å². The third-order valence-corrected chi connectivity index (χ3v) is 7.77. The van der Waals surface area contributed by atoms with Crippen molar-refractivity contribution < 1.29 is 18.7 Å². The average Bonchev–Trinajstić information content (AvgIpc) is 3.42. The number of carbonyl (C=O) groups excluding carboxylic acids is 2. The second-order valence-corrected chi connectivity index (χ2v) is 10.1. The van der Waals surface area contributed by atoms with Gasteiger partial charge in [0.25, 0.3) is 11.8 Å². The van der Waals surface area contributed by atoms with Crippen LogP contribution in [0.25, 0.3) is 0 Å². The van der Waals surface area contributed by atoms with Gasteiger partial charge in [0.2, 0.25) is 5.43 Å². The molecular weight excluding hydrogens is 487 g/mol. The predicted molar refractivity (Wildman–Crippen MR) is 138 cm³/mol. The number of rotatable bonds is 6. The average molecular weight is 517 g/mol. The summed E-state index contributed by atoms with van der Waals surface area (Å²) < 4.78 is 21.0. The number of aromatic nitrogens is 1. The minimum absolute atomic E-state index is 0.0889. The molecule has 3 aromatic rings. The standard InChI is InChI=1S/C29H29FN4O4/c30-21-10-8-19(9-11-21)15-31-28(36)23-16-32-17-24-33-13-4-7-22(33)12-14-34(24)29(37)25(32)27(26(23)35)38-18-20-5-2-1-3-6-20/h1-3,5-6,8-11,16,22,24H,4,7,12-15,17-18H2,(H,31,36). The number of benzene rings is 2. The number of hydrogen-bond donors (Lipinski definition) is 1. The van der Waals surface area contributed by atoms with Crippen LogP contribution in [-0.2, 0) is 19.7 Å². The number of nitrogens with one attached hydrogen (secondary N) is 1. The Balaban J connectivity index is 1.35. The third kappa shape index (κ3) is 4.47. The van der Waals surface area contributed by atoms with Crippen LogP contribution in [-0.4, -0.2) is 51.5 Å². The van der Waals surface area contributed by atoms with Crippen molar-refractivity contribution in [3.63, 3.8) is 0 Å². The van der Waals surface area contributed by atoms with Gasteiger partial charge < -0.3 is 19.5 Å². The molecule has 4 heterocycles. The van der Waals surface area contributed by atoms with E-state index in [-0.39, 0.29) is 48.0 Å². The van der Waals surface area contributed by atoms with Crippen LogP contribution in [0.5, 0.6) is 5.75 Å². The maximum Gasteiger partial charge on any atom is 0.275 e. The van der Waals surface area contributed by atoms with Gasteiger partial charge in [-0.05, 0) is 42.5 Å². The Hall–Kier alpha value is -3.98. The Kier molecular flexibility index (Phi) is 6.45. The summed E-state index contributed by atoms with van der Waals surface area (Å²) in [4.78, 5) is 44.8. The van der Waals surface area contributed by atoms with Crippen molar-refractivity contribution in [3.8, 4) is 5.75 Å². The lowest BCUT2D eigenvalue weighted by molar-refractivity contribution is -0.0213. The Morgan fingerprint density at radius 3 is 2.58 bits per heavy atom. The van der Waals surface area contributed by atoms with E-state index in [0.717, 1.165) is 31.4 Å². The fourth-order valence-corrected chi connectivity index (χ4v) is 5.84. The Labute approximate surface area is 219 Å². The number of nitrogens with zero attached hydrogens (tertiary/aromatic N) is 3. The third-order valence-electron chi connectivity index (χ3n) is 7.77. The van der Waals surface area contributed by atoms with Gasteiger partial charge in [0.05, 0.1) is 6.54 Å². The molecule has 1 N–H and O–H groups in total. The van der Waals surface area contributed by atoms with E-state index in [2.05, 4.69) is 10.2 Å². The first kappa shape index (κ1) is 24.4. The summed E-state index contributed by atoms with van der Waals surface area (Å²) in [6, 6.07) is 15.6. The van der Waals surface area contributed by atoms with E-state index in [1.54, 1.807) is 16.7 Å². The molecule has 3 aliphatic heterocycles. The zero-order valence-corrected chi connectivity index (χ0v) is 20.9. The van der Waals surface area contributed by atoms with Crippen LogP contribution in [0.15, 0.2) is 65.6 Å². The molecule has 2 saturated heterocycles. The largest absolute Gasteiger partial charge is 0.483 e. The Morgan fingerprint density at radius 2 is 1.79 bits per heavy atom. The Bertz CT molecular complexity index is 1420. The van der Waals surface area contributed by atoms with Gasteiger partial charge in [0.15, 0.2) is 11.4 Å². The van der Waals surface area contributed by atoms with Crippen molar-refractivity contribution in [2.24, 2.45) is 0 Å². The first-order valence-electron chi connectivity index (χ1n) is 13.0. The van der Waals surface area contributed by atoms with Gasteiger partial charge in [-0.3, -0.25) is 19.3 Å². The minimum atomic E-state index is -0.619. The van der Waals surface area contributed by atoms with E-state index in [1.165, 1.54) is 18.3 Å². The Morgan fingerprint density at radius 1 is 1.00 bits per heavy atom. The van der Waals surface area contributed by atoms with Crippen molar-refractivity contribution in [2.75, 3.05) is 13.1 Å². The van der Waals surface area contributed by atoms with E-state index in [9.17, 15) is 18.8 Å². The van der Waals surface area contributed by atoms with Gasteiger partial charge in [-0.15, -0.1) is 0 Å². The molecule has 2 aromatic carbocycles. The molecule has 0 saturated carbocycles. The number of halogens is 1. The lowest BCUT2D eigenvalue weighted by atomic mass is 10.0. The van der Waals surface area contributed by atoms with Crippen LogP contribution in [0.3, 0.4) is 0 Å². The molecule has 2 atom stereocenters. The molecule has 8 nitrogen and oxygen atoms in total. The normalized spacial score (nSPS) is 20.4. The number of ether oxygens (including phenoxy) is 1. The zero-order chi connectivity index (χ0) is 26.2. The highest BCUT2D eigenvalue weighted by atomic mass is 19.1. The van der Waals surface area contributed by atoms with Crippen LogP contribution in [0.1, 0.15) is 51.2 Å². The van der Waals surface area contributed by atoms with E-state index >= 15 is 0 Å². The van der Waals surface area contributed by atoms with Crippen molar-refractivity contribution in [3.05, 3.63) is 99.2 Å². The van der Waals surface area contributed by atoms with Crippen molar-refractivity contribution in [2.45, 2.75) is 51.2 Å². The minimum Gasteiger partial charge on any atom is -0.483 e. The maximum atomic E-state index is 13.8. The number of hydrogen-bond acceptors (Lipinski definition) is 5. The fourth-order valence-electron chi connectivity index (χ4n) is 5.84. The van der Waals surface area contributed by atoms with Crippen LogP contribution in [0, 0.1) is 5.82 Å². The second kappa shape index (κ2) is 10.1. The van der Waals surface area contributed by atoms with Crippen molar-refractivity contribution in [1.82, 2.24) is 19.7 Å². The molecule has 0 spiro atoms. The highest BCUT2D eigenvalue weighted by Crippen LogP contribution is 2.34. The number of pyridine rings is 1. The molecule has 0 bridgehead atoms. The topological polar surface area (TPSA) is 83.9 Å². The molecule has 196 valence electrons. The highest BCUT2D eigenvalue weighted by Gasteiger charge is 2.45. The molecule has 2 fully saturated rings. The first-order chi connectivity index (χ1) is 18.5. The summed E-state index contributed by atoms with van der Waals surface area (Å²) in [7, 11) is 0. The predicted octanol–water partition coefficient (Wildman–Crippen LogP) is 3.15. The lowest BCUT2D eigenvalue weighted by Gasteiger charge is -2.48. The van der Waals surface area contributed by atoms with Crippen molar-refractivity contribution in [1.29, 1.82) is 0 Å². The summed E-state index contributed by atoms with van der Waals surface area (Å²) in [5.74, 6) is -1.29. The lowest BCUT2D eigenvalue weighted by Crippen LogP contribution is -2.62. The van der Waals surface area contributed by atoms with E-state index in [1.807, 2.05) is 35.2 Å². The smallest absolute Gasteiger partial charge is 0.275 e. The quantitative estimate of drug-likeness (QED) is 0.544. The van der Waals surface area contributed by atoms with Crippen molar-refractivity contribution >= 4 is 11.8 Å². The zero-order valence-electron chi connectivity index (χ0n) is 20.9.